The summed E-state index contributed by atoms with van der Waals surface area (Å²) in [5, 5.41) is 12.4. The van der Waals surface area contributed by atoms with E-state index in [9.17, 15) is 9.59 Å². The number of ether oxygens (including phenoxy) is 1. The third kappa shape index (κ3) is 6.27. The second-order valence-corrected chi connectivity index (χ2v) is 9.47. The van der Waals surface area contributed by atoms with Crippen LogP contribution in [0.15, 0.2) is 47.1 Å². The zero-order chi connectivity index (χ0) is 23.9. The third-order valence-electron chi connectivity index (χ3n) is 6.66. The van der Waals surface area contributed by atoms with Gasteiger partial charge in [0.2, 0.25) is 5.89 Å². The van der Waals surface area contributed by atoms with Crippen LogP contribution >= 0.6 is 11.6 Å². The zero-order valence-corrected chi connectivity index (χ0v) is 19.9. The van der Waals surface area contributed by atoms with Crippen molar-refractivity contribution >= 4 is 23.5 Å². The molecule has 0 saturated carbocycles. The first kappa shape index (κ1) is 24.5. The molecule has 2 aliphatic heterocycles. The van der Waals surface area contributed by atoms with E-state index < -0.39 is 5.97 Å². The molecule has 2 fully saturated rings. The maximum Gasteiger partial charge on any atom is 0.303 e. The number of benzene rings is 1. The van der Waals surface area contributed by atoms with E-state index in [2.05, 4.69) is 10.3 Å². The Labute approximate surface area is 204 Å². The van der Waals surface area contributed by atoms with Crippen LogP contribution in [0.25, 0.3) is 0 Å². The van der Waals surface area contributed by atoms with Crippen molar-refractivity contribution in [2.75, 3.05) is 6.54 Å². The standard InChI is InChI=1S/C26H31ClN2O5/c27-18-11-9-17(10-12-18)6-4-5-15-28-25(32)20-16-33-26(29-20)24-19(21-13-14-22(24)34-21)7-2-1-3-8-23(30)31/h1-2,9-12,16,19,21-22,24H,3-8,13-15H2,(H,28,32)(H,30,31)/b2-1-/t19-,21-,22+,24-/m0/s1. The lowest BCUT2D eigenvalue weighted by Crippen LogP contribution is -2.26. The largest absolute Gasteiger partial charge is 0.481 e. The highest BCUT2D eigenvalue weighted by Gasteiger charge is 2.51. The number of hydrogen-bond acceptors (Lipinski definition) is 5. The van der Waals surface area contributed by atoms with Crippen molar-refractivity contribution in [3.05, 3.63) is 64.9 Å². The Bertz CT molecular complexity index is 1000. The maximum absolute atomic E-state index is 12.5. The number of unbranched alkanes of at least 4 members (excludes halogenated alkanes) is 1. The molecule has 0 aliphatic carbocycles. The van der Waals surface area contributed by atoms with Crippen molar-refractivity contribution in [2.24, 2.45) is 5.92 Å². The number of carboxylic acid groups (broad SMARTS) is 1. The number of fused-ring (bicyclic) bond motifs is 2. The molecule has 4 rings (SSSR count). The van der Waals surface area contributed by atoms with Gasteiger partial charge in [-0.3, -0.25) is 9.59 Å². The lowest BCUT2D eigenvalue weighted by atomic mass is 9.77. The van der Waals surface area contributed by atoms with E-state index >= 15 is 0 Å². The summed E-state index contributed by atoms with van der Waals surface area (Å²) in [5.41, 5.74) is 1.53. The van der Waals surface area contributed by atoms with Gasteiger partial charge in [-0.05, 0) is 62.6 Å². The zero-order valence-electron chi connectivity index (χ0n) is 19.1. The number of nitrogens with zero attached hydrogens (tertiary/aromatic N) is 1. The van der Waals surface area contributed by atoms with E-state index in [4.69, 9.17) is 25.9 Å². The van der Waals surface area contributed by atoms with Gasteiger partial charge < -0.3 is 19.6 Å². The highest BCUT2D eigenvalue weighted by molar-refractivity contribution is 6.30. The predicted molar refractivity (Wildman–Crippen MR) is 128 cm³/mol. The van der Waals surface area contributed by atoms with Crippen LogP contribution in [0.4, 0.5) is 0 Å². The number of halogens is 1. The lowest BCUT2D eigenvalue weighted by molar-refractivity contribution is -0.136. The first-order chi connectivity index (χ1) is 16.5. The quantitative estimate of drug-likeness (QED) is 0.317. The second kappa shape index (κ2) is 11.7. The van der Waals surface area contributed by atoms with Gasteiger partial charge in [0.15, 0.2) is 5.69 Å². The molecule has 4 atom stereocenters. The summed E-state index contributed by atoms with van der Waals surface area (Å²) in [6, 6.07) is 7.83. The fourth-order valence-corrected chi connectivity index (χ4v) is 5.06. The van der Waals surface area contributed by atoms with Gasteiger partial charge in [0.25, 0.3) is 5.91 Å². The molecule has 34 heavy (non-hydrogen) atoms. The Morgan fingerprint density at radius 1 is 1.15 bits per heavy atom. The summed E-state index contributed by atoms with van der Waals surface area (Å²) in [6.45, 7) is 0.579. The number of carboxylic acids is 1. The van der Waals surface area contributed by atoms with Crippen molar-refractivity contribution < 1.29 is 23.8 Å². The summed E-state index contributed by atoms with van der Waals surface area (Å²) < 4.78 is 11.9. The van der Waals surface area contributed by atoms with Crippen LogP contribution in [0.3, 0.4) is 0 Å². The lowest BCUT2D eigenvalue weighted by Gasteiger charge is -2.24. The van der Waals surface area contributed by atoms with E-state index in [1.165, 1.54) is 11.8 Å². The van der Waals surface area contributed by atoms with Crippen LogP contribution < -0.4 is 5.32 Å². The Hall–Kier alpha value is -2.64. The van der Waals surface area contributed by atoms with Gasteiger partial charge in [-0.25, -0.2) is 4.98 Å². The van der Waals surface area contributed by atoms with E-state index in [1.807, 2.05) is 36.4 Å². The smallest absolute Gasteiger partial charge is 0.303 e. The number of amides is 1. The number of oxazole rings is 1. The molecule has 0 radical (unpaired) electrons. The minimum Gasteiger partial charge on any atom is -0.481 e. The van der Waals surface area contributed by atoms with E-state index in [0.717, 1.165) is 43.5 Å². The Balaban J connectivity index is 1.25. The number of carbonyl (C=O) groups is 2. The molecular weight excluding hydrogens is 456 g/mol. The predicted octanol–water partition coefficient (Wildman–Crippen LogP) is 5.15. The number of carbonyl (C=O) groups excluding carboxylic acids is 1. The van der Waals surface area contributed by atoms with Gasteiger partial charge in [0.05, 0.1) is 18.1 Å². The summed E-state index contributed by atoms with van der Waals surface area (Å²) in [6.07, 6.45) is 11.8. The second-order valence-electron chi connectivity index (χ2n) is 9.03. The van der Waals surface area contributed by atoms with Crippen molar-refractivity contribution in [1.29, 1.82) is 0 Å². The van der Waals surface area contributed by atoms with E-state index in [0.29, 0.717) is 24.6 Å². The number of hydrogen-bond donors (Lipinski definition) is 2. The van der Waals surface area contributed by atoms with Crippen molar-refractivity contribution in [2.45, 2.75) is 69.5 Å². The number of nitrogens with one attached hydrogen (secondary N) is 1. The molecule has 0 unspecified atom stereocenters. The molecule has 0 spiro atoms. The average Bonchev–Trinajstić information content (AvgIpc) is 3.56. The van der Waals surface area contributed by atoms with Gasteiger partial charge >= 0.3 is 5.97 Å². The first-order valence-electron chi connectivity index (χ1n) is 12.0. The maximum atomic E-state index is 12.5. The minimum atomic E-state index is -0.794. The summed E-state index contributed by atoms with van der Waals surface area (Å²) in [5.74, 6) is -0.219. The van der Waals surface area contributed by atoms with Gasteiger partial charge in [-0.15, -0.1) is 0 Å². The third-order valence-corrected chi connectivity index (χ3v) is 6.91. The SMILES string of the molecule is O=C(O)CC/C=C\C[C@@H]1[C@H](c2nc(C(=O)NCCCCc3ccc(Cl)cc3)co2)[C@H]2CC[C@@H]1O2. The Morgan fingerprint density at radius 2 is 1.94 bits per heavy atom. The monoisotopic (exact) mass is 486 g/mol. The molecule has 1 aromatic carbocycles. The highest BCUT2D eigenvalue weighted by atomic mass is 35.5. The fourth-order valence-electron chi connectivity index (χ4n) is 4.94. The minimum absolute atomic E-state index is 0.0174. The van der Waals surface area contributed by atoms with Gasteiger partial charge in [0, 0.05) is 23.9 Å². The number of aryl methyl sites for hydroxylation is 1. The molecule has 1 aromatic heterocycles. The van der Waals surface area contributed by atoms with Crippen molar-refractivity contribution in [3.63, 3.8) is 0 Å². The molecule has 8 heteroatoms. The fraction of sp³-hybridized carbons (Fsp3) is 0.500. The number of aromatic nitrogens is 1. The molecule has 2 saturated heterocycles. The Morgan fingerprint density at radius 3 is 2.74 bits per heavy atom. The van der Waals surface area contributed by atoms with Crippen LogP contribution in [0.1, 0.15) is 72.8 Å². The number of rotatable bonds is 12. The molecule has 3 heterocycles. The molecular formula is C26H31ClN2O5. The molecule has 7 nitrogen and oxygen atoms in total. The van der Waals surface area contributed by atoms with Crippen molar-refractivity contribution in [3.8, 4) is 0 Å². The normalized spacial score (nSPS) is 23.6. The molecule has 2 bridgehead atoms. The number of allylic oxidation sites excluding steroid dienone is 2. The molecule has 2 aromatic rings. The first-order valence-corrected chi connectivity index (χ1v) is 12.4. The van der Waals surface area contributed by atoms with Crippen LogP contribution in [-0.4, -0.2) is 40.7 Å². The average molecular weight is 487 g/mol. The van der Waals surface area contributed by atoms with E-state index in [-0.39, 0.29) is 36.4 Å². The van der Waals surface area contributed by atoms with Gasteiger partial charge in [-0.2, -0.15) is 0 Å². The van der Waals surface area contributed by atoms with Crippen molar-refractivity contribution in [1.82, 2.24) is 10.3 Å². The van der Waals surface area contributed by atoms with Crippen LogP contribution in [-0.2, 0) is 16.0 Å². The van der Waals surface area contributed by atoms with Crippen LogP contribution in [0, 0.1) is 5.92 Å². The van der Waals surface area contributed by atoms with Gasteiger partial charge in [0.1, 0.15) is 6.26 Å². The number of aliphatic carboxylic acids is 1. The van der Waals surface area contributed by atoms with E-state index in [1.54, 1.807) is 0 Å². The molecule has 1 amide bonds. The Kier molecular flexibility index (Phi) is 8.40. The summed E-state index contributed by atoms with van der Waals surface area (Å²) in [7, 11) is 0. The highest BCUT2D eigenvalue weighted by Crippen LogP contribution is 2.50. The summed E-state index contributed by atoms with van der Waals surface area (Å²) >= 11 is 5.91. The topological polar surface area (TPSA) is 102 Å². The van der Waals surface area contributed by atoms with Gasteiger partial charge in [-0.1, -0.05) is 35.9 Å². The van der Waals surface area contributed by atoms with Crippen LogP contribution in [0.5, 0.6) is 0 Å². The molecule has 182 valence electrons. The van der Waals surface area contributed by atoms with Crippen LogP contribution in [0.2, 0.25) is 5.02 Å². The molecule has 2 aliphatic rings. The summed E-state index contributed by atoms with van der Waals surface area (Å²) in [4.78, 5) is 27.7. The molecule has 2 N–H and O–H groups in total.